The van der Waals surface area contributed by atoms with Crippen molar-refractivity contribution < 1.29 is 4.74 Å². The smallest absolute Gasteiger partial charge is 0.141 e. The molecule has 0 aliphatic carbocycles. The Morgan fingerprint density at radius 1 is 1.10 bits per heavy atom. The van der Waals surface area contributed by atoms with Gasteiger partial charge in [0.2, 0.25) is 0 Å². The monoisotopic (exact) mass is 347 g/mol. The summed E-state index contributed by atoms with van der Waals surface area (Å²) in [5.41, 5.74) is 3.66. The van der Waals surface area contributed by atoms with E-state index in [0.717, 1.165) is 22.5 Å². The third-order valence-electron chi connectivity index (χ3n) is 3.39. The van der Waals surface area contributed by atoms with Crippen LogP contribution in [0.3, 0.4) is 0 Å². The number of rotatable bonds is 5. The maximum atomic E-state index is 6.15. The first kappa shape index (κ1) is 16.1. The van der Waals surface area contributed by atoms with Crippen LogP contribution < -0.4 is 10.1 Å². The fourth-order valence-electron chi connectivity index (χ4n) is 2.27. The second-order valence-electron chi connectivity index (χ2n) is 5.59. The van der Waals surface area contributed by atoms with Gasteiger partial charge in [-0.2, -0.15) is 0 Å². The SMILES string of the molecule is CNCc1ccc(Oc2cc(C)ccc2C(C)C)c(Br)c1. The van der Waals surface area contributed by atoms with Crippen LogP contribution in [-0.2, 0) is 6.54 Å². The number of aryl methyl sites for hydroxylation is 1. The van der Waals surface area contributed by atoms with E-state index in [0.29, 0.717) is 5.92 Å². The molecule has 1 N–H and O–H groups in total. The van der Waals surface area contributed by atoms with E-state index in [1.165, 1.54) is 16.7 Å². The standard InChI is InChI=1S/C18H22BrNO/c1-12(2)15-7-5-13(3)9-18(15)21-17-8-6-14(11-20-4)10-16(17)19/h5-10,12,20H,11H2,1-4H3. The zero-order chi connectivity index (χ0) is 15.4. The number of nitrogens with one attached hydrogen (secondary N) is 1. The van der Waals surface area contributed by atoms with Gasteiger partial charge in [0.1, 0.15) is 11.5 Å². The van der Waals surface area contributed by atoms with E-state index in [1.807, 2.05) is 13.1 Å². The van der Waals surface area contributed by atoms with Gasteiger partial charge in [0.15, 0.2) is 0 Å². The van der Waals surface area contributed by atoms with Crippen LogP contribution in [0.15, 0.2) is 40.9 Å². The topological polar surface area (TPSA) is 21.3 Å². The molecule has 0 bridgehead atoms. The maximum Gasteiger partial charge on any atom is 0.141 e. The molecule has 2 aromatic rings. The average molecular weight is 348 g/mol. The predicted molar refractivity (Wildman–Crippen MR) is 92.2 cm³/mol. The van der Waals surface area contributed by atoms with Crippen LogP contribution in [0.1, 0.15) is 36.5 Å². The van der Waals surface area contributed by atoms with Gasteiger partial charge in [-0.3, -0.25) is 0 Å². The molecule has 2 rings (SSSR count). The number of halogens is 1. The highest BCUT2D eigenvalue weighted by atomic mass is 79.9. The maximum absolute atomic E-state index is 6.15. The minimum Gasteiger partial charge on any atom is -0.456 e. The summed E-state index contributed by atoms with van der Waals surface area (Å²) >= 11 is 3.60. The van der Waals surface area contributed by atoms with Crippen molar-refractivity contribution in [3.63, 3.8) is 0 Å². The van der Waals surface area contributed by atoms with Gasteiger partial charge in [-0.05, 0) is 70.7 Å². The lowest BCUT2D eigenvalue weighted by Gasteiger charge is -2.16. The van der Waals surface area contributed by atoms with E-state index in [2.05, 4.69) is 72.3 Å². The Labute approximate surface area is 135 Å². The van der Waals surface area contributed by atoms with Gasteiger partial charge in [-0.1, -0.05) is 32.0 Å². The highest BCUT2D eigenvalue weighted by molar-refractivity contribution is 9.10. The van der Waals surface area contributed by atoms with Gasteiger partial charge >= 0.3 is 0 Å². The number of benzene rings is 2. The number of hydrogen-bond acceptors (Lipinski definition) is 2. The highest BCUT2D eigenvalue weighted by Crippen LogP contribution is 2.35. The Bertz CT molecular complexity index is 623. The van der Waals surface area contributed by atoms with Crippen molar-refractivity contribution in [2.75, 3.05) is 7.05 Å². The van der Waals surface area contributed by atoms with Crippen LogP contribution in [0.25, 0.3) is 0 Å². The molecule has 0 unspecified atom stereocenters. The molecule has 0 fully saturated rings. The third kappa shape index (κ3) is 4.08. The van der Waals surface area contributed by atoms with Crippen molar-refractivity contribution in [3.05, 3.63) is 57.6 Å². The molecule has 0 radical (unpaired) electrons. The van der Waals surface area contributed by atoms with Crippen LogP contribution in [-0.4, -0.2) is 7.05 Å². The minimum absolute atomic E-state index is 0.433. The Balaban J connectivity index is 2.31. The van der Waals surface area contributed by atoms with Crippen molar-refractivity contribution >= 4 is 15.9 Å². The summed E-state index contributed by atoms with van der Waals surface area (Å²) in [4.78, 5) is 0. The van der Waals surface area contributed by atoms with Crippen molar-refractivity contribution in [2.24, 2.45) is 0 Å². The van der Waals surface area contributed by atoms with Gasteiger partial charge in [-0.15, -0.1) is 0 Å². The molecule has 0 saturated heterocycles. The Morgan fingerprint density at radius 2 is 1.86 bits per heavy atom. The van der Waals surface area contributed by atoms with E-state index >= 15 is 0 Å². The Kier molecular flexibility index (Phi) is 5.43. The highest BCUT2D eigenvalue weighted by Gasteiger charge is 2.11. The van der Waals surface area contributed by atoms with E-state index < -0.39 is 0 Å². The fraction of sp³-hybridized carbons (Fsp3) is 0.333. The second-order valence-corrected chi connectivity index (χ2v) is 6.45. The first-order valence-electron chi connectivity index (χ1n) is 7.22. The molecule has 0 saturated carbocycles. The van der Waals surface area contributed by atoms with E-state index in [9.17, 15) is 0 Å². The average Bonchev–Trinajstić information content (AvgIpc) is 2.42. The molecule has 0 aliphatic heterocycles. The molecule has 0 aromatic heterocycles. The third-order valence-corrected chi connectivity index (χ3v) is 4.01. The normalized spacial score (nSPS) is 11.0. The predicted octanol–water partition coefficient (Wildman–Crippen LogP) is 5.39. The molecule has 0 aliphatic rings. The van der Waals surface area contributed by atoms with Crippen LogP contribution in [0.4, 0.5) is 0 Å². The van der Waals surface area contributed by atoms with Gasteiger partial charge in [-0.25, -0.2) is 0 Å². The summed E-state index contributed by atoms with van der Waals surface area (Å²) in [6.45, 7) is 7.30. The van der Waals surface area contributed by atoms with Crippen molar-refractivity contribution in [1.29, 1.82) is 0 Å². The van der Waals surface area contributed by atoms with Crippen LogP contribution in [0, 0.1) is 6.92 Å². The van der Waals surface area contributed by atoms with Gasteiger partial charge in [0.25, 0.3) is 0 Å². The van der Waals surface area contributed by atoms with Gasteiger partial charge < -0.3 is 10.1 Å². The lowest BCUT2D eigenvalue weighted by molar-refractivity contribution is 0.469. The molecular weight excluding hydrogens is 326 g/mol. The van der Waals surface area contributed by atoms with Crippen LogP contribution in [0.2, 0.25) is 0 Å². The molecule has 0 spiro atoms. The summed E-state index contributed by atoms with van der Waals surface area (Å²) < 4.78 is 7.13. The van der Waals surface area contributed by atoms with E-state index in [4.69, 9.17) is 4.74 Å². The zero-order valence-corrected chi connectivity index (χ0v) is 14.6. The molecule has 0 heterocycles. The molecule has 112 valence electrons. The molecular formula is C18H22BrNO. The second kappa shape index (κ2) is 7.10. The number of ether oxygens (including phenoxy) is 1. The Hall–Kier alpha value is -1.32. The van der Waals surface area contributed by atoms with Crippen LogP contribution >= 0.6 is 15.9 Å². The van der Waals surface area contributed by atoms with Crippen LogP contribution in [0.5, 0.6) is 11.5 Å². The minimum atomic E-state index is 0.433. The molecule has 2 aromatic carbocycles. The first-order chi connectivity index (χ1) is 10.0. The van der Waals surface area contributed by atoms with Crippen molar-refractivity contribution in [3.8, 4) is 11.5 Å². The van der Waals surface area contributed by atoms with Crippen molar-refractivity contribution in [1.82, 2.24) is 5.32 Å². The fourth-order valence-corrected chi connectivity index (χ4v) is 2.77. The summed E-state index contributed by atoms with van der Waals surface area (Å²) in [7, 11) is 1.94. The van der Waals surface area contributed by atoms with Crippen molar-refractivity contribution in [2.45, 2.75) is 33.2 Å². The molecule has 0 amide bonds. The summed E-state index contributed by atoms with van der Waals surface area (Å²) in [5.74, 6) is 2.22. The largest absolute Gasteiger partial charge is 0.456 e. The first-order valence-corrected chi connectivity index (χ1v) is 8.02. The number of hydrogen-bond donors (Lipinski definition) is 1. The molecule has 3 heteroatoms. The zero-order valence-electron chi connectivity index (χ0n) is 13.0. The van der Waals surface area contributed by atoms with E-state index in [-0.39, 0.29) is 0 Å². The van der Waals surface area contributed by atoms with E-state index in [1.54, 1.807) is 0 Å². The lowest BCUT2D eigenvalue weighted by Crippen LogP contribution is -2.04. The molecule has 21 heavy (non-hydrogen) atoms. The lowest BCUT2D eigenvalue weighted by atomic mass is 10.0. The molecule has 0 atom stereocenters. The van der Waals surface area contributed by atoms with Gasteiger partial charge in [0, 0.05) is 6.54 Å². The quantitative estimate of drug-likeness (QED) is 0.782. The summed E-state index contributed by atoms with van der Waals surface area (Å²) in [6, 6.07) is 12.6. The summed E-state index contributed by atoms with van der Waals surface area (Å²) in [5, 5.41) is 3.15. The van der Waals surface area contributed by atoms with Gasteiger partial charge in [0.05, 0.1) is 4.47 Å². The molecule has 2 nitrogen and oxygen atoms in total. The Morgan fingerprint density at radius 3 is 2.48 bits per heavy atom. The summed E-state index contributed by atoms with van der Waals surface area (Å²) in [6.07, 6.45) is 0.